The molecule has 8 nitrogen and oxygen atoms in total. The number of ether oxygens (including phenoxy) is 1. The molecule has 0 bridgehead atoms. The standard InChI is InChI=1S/C24H26ClF3N2O4S.C2HF3O2/c1-35(32,33)29-24(31)18-10-17(16-2-3-16)22(11-20(18)26)34-13-14-4-6-30(7-5-14)12-15-8-19(25)23(28)21(27)9-15;3-2(4,5)1(6)7/h8-11,14,16H,2-7,12-13H2,1H3,(H,29,31);(H,6,7). The molecular formula is C26H27ClF6N2O6S. The van der Waals surface area contributed by atoms with E-state index in [-0.39, 0.29) is 22.4 Å². The molecule has 16 heteroatoms. The Morgan fingerprint density at radius 3 is 2.14 bits per heavy atom. The summed E-state index contributed by atoms with van der Waals surface area (Å²) in [6.45, 7) is 2.30. The Balaban J connectivity index is 0.000000616. The average molecular weight is 645 g/mol. The number of hydrogen-bond donors (Lipinski definition) is 2. The number of alkyl halides is 3. The normalized spacial score (nSPS) is 16.4. The summed E-state index contributed by atoms with van der Waals surface area (Å²) in [5.74, 6) is -5.86. The Hall–Kier alpha value is -3.04. The van der Waals surface area contributed by atoms with E-state index in [9.17, 15) is 39.6 Å². The number of piperidine rings is 1. The number of aliphatic carboxylic acids is 1. The molecule has 1 saturated heterocycles. The lowest BCUT2D eigenvalue weighted by atomic mass is 9.97. The molecule has 232 valence electrons. The maximum atomic E-state index is 14.6. The monoisotopic (exact) mass is 644 g/mol. The van der Waals surface area contributed by atoms with Crippen LogP contribution in [0, 0.1) is 23.4 Å². The molecule has 4 rings (SSSR count). The zero-order valence-corrected chi connectivity index (χ0v) is 23.7. The van der Waals surface area contributed by atoms with Crippen LogP contribution in [0.4, 0.5) is 26.3 Å². The molecule has 1 heterocycles. The van der Waals surface area contributed by atoms with Gasteiger partial charge in [0.05, 0.1) is 23.4 Å². The molecule has 1 amide bonds. The summed E-state index contributed by atoms with van der Waals surface area (Å²) in [5, 5.41) is 6.89. The number of carboxylic acids is 1. The van der Waals surface area contributed by atoms with Gasteiger partial charge in [0.25, 0.3) is 5.91 Å². The van der Waals surface area contributed by atoms with E-state index in [1.165, 1.54) is 12.1 Å². The molecular weight excluding hydrogens is 618 g/mol. The number of halogens is 7. The summed E-state index contributed by atoms with van der Waals surface area (Å²) in [6, 6.07) is 5.14. The van der Waals surface area contributed by atoms with Crippen LogP contribution in [0.25, 0.3) is 0 Å². The number of likely N-dealkylation sites (tertiary alicyclic amines) is 1. The van der Waals surface area contributed by atoms with Crippen molar-refractivity contribution in [3.8, 4) is 5.75 Å². The van der Waals surface area contributed by atoms with Gasteiger partial charge in [0.15, 0.2) is 11.6 Å². The largest absolute Gasteiger partial charge is 0.493 e. The van der Waals surface area contributed by atoms with E-state index in [4.69, 9.17) is 26.2 Å². The number of benzene rings is 2. The van der Waals surface area contributed by atoms with Crippen molar-refractivity contribution in [2.24, 2.45) is 5.92 Å². The number of amides is 1. The van der Waals surface area contributed by atoms with Crippen molar-refractivity contribution < 1.29 is 54.2 Å². The van der Waals surface area contributed by atoms with Crippen LogP contribution in [0.1, 0.15) is 53.1 Å². The zero-order valence-electron chi connectivity index (χ0n) is 22.1. The van der Waals surface area contributed by atoms with Crippen molar-refractivity contribution in [1.29, 1.82) is 0 Å². The number of sulfonamides is 1. The molecule has 0 aromatic heterocycles. The molecule has 42 heavy (non-hydrogen) atoms. The molecule has 0 atom stereocenters. The average Bonchev–Trinajstić information content (AvgIpc) is 3.71. The fourth-order valence-corrected chi connectivity index (χ4v) is 4.96. The van der Waals surface area contributed by atoms with Crippen LogP contribution < -0.4 is 9.46 Å². The highest BCUT2D eigenvalue weighted by Gasteiger charge is 2.38. The number of carbonyl (C=O) groups excluding carboxylic acids is 1. The second-order valence-electron chi connectivity index (χ2n) is 10.1. The number of hydrogen-bond acceptors (Lipinski definition) is 6. The fourth-order valence-electron chi connectivity index (χ4n) is 4.28. The first kappa shape index (κ1) is 33.5. The van der Waals surface area contributed by atoms with Crippen molar-refractivity contribution in [2.75, 3.05) is 26.0 Å². The summed E-state index contributed by atoms with van der Waals surface area (Å²) >= 11 is 5.74. The Labute approximate surface area is 242 Å². The topological polar surface area (TPSA) is 113 Å². The van der Waals surface area contributed by atoms with E-state index < -0.39 is 45.5 Å². The van der Waals surface area contributed by atoms with Crippen LogP contribution in [-0.4, -0.2) is 62.4 Å². The summed E-state index contributed by atoms with van der Waals surface area (Å²) in [4.78, 5) is 23.2. The van der Waals surface area contributed by atoms with Crippen LogP contribution in [0.3, 0.4) is 0 Å². The molecule has 0 unspecified atom stereocenters. The minimum Gasteiger partial charge on any atom is -0.493 e. The number of rotatable bonds is 8. The van der Waals surface area contributed by atoms with Crippen molar-refractivity contribution >= 4 is 33.5 Å². The molecule has 2 aliphatic rings. The van der Waals surface area contributed by atoms with Gasteiger partial charge in [0.2, 0.25) is 10.0 Å². The highest BCUT2D eigenvalue weighted by atomic mass is 35.5. The molecule has 1 saturated carbocycles. The van der Waals surface area contributed by atoms with E-state index in [0.29, 0.717) is 30.0 Å². The first-order chi connectivity index (χ1) is 19.4. The lowest BCUT2D eigenvalue weighted by Gasteiger charge is -2.32. The van der Waals surface area contributed by atoms with Gasteiger partial charge in [-0.25, -0.2) is 31.1 Å². The second-order valence-corrected chi connectivity index (χ2v) is 12.2. The molecule has 0 radical (unpaired) electrons. The number of carboxylic acid groups (broad SMARTS) is 1. The van der Waals surface area contributed by atoms with Crippen LogP contribution in [0.15, 0.2) is 24.3 Å². The van der Waals surface area contributed by atoms with Crippen molar-refractivity contribution in [1.82, 2.24) is 9.62 Å². The zero-order chi connectivity index (χ0) is 31.4. The number of nitrogens with one attached hydrogen (secondary N) is 1. The first-order valence-electron chi connectivity index (χ1n) is 12.6. The Kier molecular flexibility index (Phi) is 10.8. The van der Waals surface area contributed by atoms with E-state index in [1.807, 2.05) is 0 Å². The van der Waals surface area contributed by atoms with Gasteiger partial charge < -0.3 is 9.84 Å². The molecule has 0 spiro atoms. The third kappa shape index (κ3) is 9.76. The third-order valence-electron chi connectivity index (χ3n) is 6.51. The summed E-state index contributed by atoms with van der Waals surface area (Å²) in [5.41, 5.74) is 0.987. The molecule has 1 aliphatic heterocycles. The van der Waals surface area contributed by atoms with Crippen LogP contribution in [-0.2, 0) is 21.4 Å². The summed E-state index contributed by atoms with van der Waals surface area (Å²) in [7, 11) is -3.81. The lowest BCUT2D eigenvalue weighted by Crippen LogP contribution is -2.35. The van der Waals surface area contributed by atoms with Crippen molar-refractivity contribution in [3.05, 3.63) is 63.4 Å². The van der Waals surface area contributed by atoms with Gasteiger partial charge in [0, 0.05) is 12.6 Å². The van der Waals surface area contributed by atoms with Gasteiger partial charge >= 0.3 is 12.1 Å². The Morgan fingerprint density at radius 2 is 1.64 bits per heavy atom. The van der Waals surface area contributed by atoms with Gasteiger partial charge in [-0.05, 0) is 79.9 Å². The summed E-state index contributed by atoms with van der Waals surface area (Å²) in [6.07, 6.45) is -0.843. The van der Waals surface area contributed by atoms with Crippen LogP contribution in [0.2, 0.25) is 5.02 Å². The van der Waals surface area contributed by atoms with E-state index in [2.05, 4.69) is 4.90 Å². The lowest BCUT2D eigenvalue weighted by molar-refractivity contribution is -0.192. The highest BCUT2D eigenvalue weighted by molar-refractivity contribution is 7.89. The molecule has 2 N–H and O–H groups in total. The minimum atomic E-state index is -5.08. The SMILES string of the molecule is CS(=O)(=O)NC(=O)c1cc(C2CC2)c(OCC2CCN(Cc3cc(F)c(F)c(Cl)c3)CC2)cc1F.O=C(O)C(F)(F)F. The van der Waals surface area contributed by atoms with Crippen molar-refractivity contribution in [3.63, 3.8) is 0 Å². The number of carbonyl (C=O) groups is 2. The molecule has 2 fully saturated rings. The first-order valence-corrected chi connectivity index (χ1v) is 14.9. The maximum absolute atomic E-state index is 14.6. The molecule has 1 aliphatic carbocycles. The highest BCUT2D eigenvalue weighted by Crippen LogP contribution is 2.45. The minimum absolute atomic E-state index is 0.153. The van der Waals surface area contributed by atoms with Crippen LogP contribution >= 0.6 is 11.6 Å². The Bertz CT molecular complexity index is 1400. The smallest absolute Gasteiger partial charge is 0.490 e. The summed E-state index contributed by atoms with van der Waals surface area (Å²) < 4.78 is 104. The van der Waals surface area contributed by atoms with Crippen molar-refractivity contribution in [2.45, 2.75) is 44.3 Å². The quantitative estimate of drug-likeness (QED) is 0.298. The van der Waals surface area contributed by atoms with Crippen LogP contribution in [0.5, 0.6) is 5.75 Å². The predicted octanol–water partition coefficient (Wildman–Crippen LogP) is 5.25. The van der Waals surface area contributed by atoms with Gasteiger partial charge in [-0.1, -0.05) is 11.6 Å². The predicted molar refractivity (Wildman–Crippen MR) is 139 cm³/mol. The third-order valence-corrected chi connectivity index (χ3v) is 7.34. The number of nitrogens with zero attached hydrogens (tertiary/aromatic N) is 1. The molecule has 2 aromatic carbocycles. The van der Waals surface area contributed by atoms with Gasteiger partial charge in [-0.2, -0.15) is 13.2 Å². The molecule has 2 aromatic rings. The maximum Gasteiger partial charge on any atom is 0.490 e. The van der Waals surface area contributed by atoms with E-state index >= 15 is 0 Å². The van der Waals surface area contributed by atoms with Gasteiger partial charge in [-0.3, -0.25) is 9.69 Å². The van der Waals surface area contributed by atoms with Gasteiger partial charge in [-0.15, -0.1) is 0 Å². The van der Waals surface area contributed by atoms with E-state index in [1.54, 1.807) is 4.72 Å². The Morgan fingerprint density at radius 1 is 1.05 bits per heavy atom. The van der Waals surface area contributed by atoms with Gasteiger partial charge in [0.1, 0.15) is 11.6 Å². The van der Waals surface area contributed by atoms with E-state index in [0.717, 1.165) is 57.2 Å². The fraction of sp³-hybridized carbons (Fsp3) is 0.462. The second kappa shape index (κ2) is 13.5.